The first-order valence-corrected chi connectivity index (χ1v) is 9.53. The lowest BCUT2D eigenvalue weighted by Gasteiger charge is -2.03. The van der Waals surface area contributed by atoms with Gasteiger partial charge in [-0.05, 0) is 28.1 Å². The number of amides is 1. The van der Waals surface area contributed by atoms with Crippen LogP contribution in [-0.2, 0) is 13.6 Å². The van der Waals surface area contributed by atoms with Crippen LogP contribution in [-0.4, -0.2) is 30.2 Å². The van der Waals surface area contributed by atoms with Gasteiger partial charge < -0.3 is 5.73 Å². The molecule has 0 aliphatic heterocycles. The number of aryl methyl sites for hydroxylation is 1. The highest BCUT2D eigenvalue weighted by Crippen LogP contribution is 2.24. The molecular formula is C17H13BrN6O2S. The van der Waals surface area contributed by atoms with Gasteiger partial charge in [0, 0.05) is 23.6 Å². The molecule has 0 spiro atoms. The van der Waals surface area contributed by atoms with Gasteiger partial charge in [-0.1, -0.05) is 12.1 Å². The Bertz CT molecular complexity index is 1220. The lowest BCUT2D eigenvalue weighted by atomic mass is 10.1. The van der Waals surface area contributed by atoms with E-state index in [1.54, 1.807) is 36.0 Å². The second-order valence-electron chi connectivity index (χ2n) is 5.88. The van der Waals surface area contributed by atoms with E-state index in [9.17, 15) is 9.59 Å². The Morgan fingerprint density at radius 1 is 1.30 bits per heavy atom. The Morgan fingerprint density at radius 2 is 2.04 bits per heavy atom. The van der Waals surface area contributed by atoms with Crippen LogP contribution in [0.25, 0.3) is 21.6 Å². The molecule has 0 saturated heterocycles. The highest BCUT2D eigenvalue weighted by atomic mass is 79.9. The molecule has 2 N–H and O–H groups in total. The molecule has 1 amide bonds. The summed E-state index contributed by atoms with van der Waals surface area (Å²) in [6.45, 7) is 0.305. The lowest BCUT2D eigenvalue weighted by molar-refractivity contribution is 0.100. The normalized spacial score (nSPS) is 11.2. The van der Waals surface area contributed by atoms with Crippen molar-refractivity contribution in [3.63, 3.8) is 0 Å². The molecule has 0 unspecified atom stereocenters. The van der Waals surface area contributed by atoms with Crippen LogP contribution in [0.5, 0.6) is 0 Å². The van der Waals surface area contributed by atoms with Crippen molar-refractivity contribution in [2.24, 2.45) is 12.8 Å². The highest BCUT2D eigenvalue weighted by molar-refractivity contribution is 9.10. The van der Waals surface area contributed by atoms with Gasteiger partial charge in [-0.2, -0.15) is 5.10 Å². The summed E-state index contributed by atoms with van der Waals surface area (Å²) >= 11 is 4.77. The van der Waals surface area contributed by atoms with E-state index in [1.807, 2.05) is 5.38 Å². The fourth-order valence-electron chi connectivity index (χ4n) is 2.71. The number of carbonyl (C=O) groups excluding carboxylic acids is 1. The zero-order valence-electron chi connectivity index (χ0n) is 14.1. The zero-order chi connectivity index (χ0) is 19.1. The van der Waals surface area contributed by atoms with E-state index in [2.05, 4.69) is 31.0 Å². The van der Waals surface area contributed by atoms with Gasteiger partial charge in [0.1, 0.15) is 21.3 Å². The molecule has 0 saturated carbocycles. The van der Waals surface area contributed by atoms with Gasteiger partial charge in [0.15, 0.2) is 5.65 Å². The first kappa shape index (κ1) is 17.6. The Labute approximate surface area is 165 Å². The number of rotatable bonds is 4. The van der Waals surface area contributed by atoms with Gasteiger partial charge in [-0.3, -0.25) is 14.2 Å². The fraction of sp³-hybridized carbons (Fsp3) is 0.118. The topological polar surface area (TPSA) is 109 Å². The summed E-state index contributed by atoms with van der Waals surface area (Å²) in [4.78, 5) is 32.8. The van der Waals surface area contributed by atoms with Crippen LogP contribution in [0, 0.1) is 0 Å². The first-order chi connectivity index (χ1) is 12.9. The van der Waals surface area contributed by atoms with E-state index < -0.39 is 5.91 Å². The van der Waals surface area contributed by atoms with Crippen molar-refractivity contribution >= 4 is 44.2 Å². The number of aromatic nitrogens is 5. The molecule has 0 atom stereocenters. The summed E-state index contributed by atoms with van der Waals surface area (Å²) in [5.41, 5.74) is 7.68. The van der Waals surface area contributed by atoms with Crippen molar-refractivity contribution in [1.82, 2.24) is 24.3 Å². The third-order valence-corrected chi connectivity index (χ3v) is 5.56. The van der Waals surface area contributed by atoms with E-state index in [-0.39, 0.29) is 5.56 Å². The number of fused-ring (bicyclic) bond motifs is 1. The zero-order valence-corrected chi connectivity index (χ0v) is 16.5. The van der Waals surface area contributed by atoms with Crippen LogP contribution >= 0.6 is 27.3 Å². The average Bonchev–Trinajstić information content (AvgIpc) is 3.22. The standard InChI is InChI=1S/C17H13BrN6O2S/c1-23-15-12(13(18)22-23)17(26)24(8-20-15)6-11-7-27-16(21-11)10-4-2-9(3-5-10)14(19)25/h2-5,7-8H,6H2,1H3,(H2,19,25). The smallest absolute Gasteiger partial charge is 0.266 e. The van der Waals surface area contributed by atoms with Crippen LogP contribution in [0.2, 0.25) is 0 Å². The molecule has 0 aliphatic carbocycles. The molecule has 136 valence electrons. The molecule has 3 heterocycles. The number of carbonyl (C=O) groups is 1. The number of hydrogen-bond acceptors (Lipinski definition) is 6. The molecule has 8 nitrogen and oxygen atoms in total. The second-order valence-corrected chi connectivity index (χ2v) is 7.49. The van der Waals surface area contributed by atoms with Crippen LogP contribution in [0.3, 0.4) is 0 Å². The van der Waals surface area contributed by atoms with Crippen molar-refractivity contribution in [2.45, 2.75) is 6.54 Å². The first-order valence-electron chi connectivity index (χ1n) is 7.86. The Morgan fingerprint density at radius 3 is 2.74 bits per heavy atom. The van der Waals surface area contributed by atoms with Crippen LogP contribution in [0.1, 0.15) is 16.1 Å². The molecule has 1 aromatic carbocycles. The third-order valence-electron chi connectivity index (χ3n) is 4.07. The van der Waals surface area contributed by atoms with Crippen molar-refractivity contribution < 1.29 is 4.79 Å². The maximum atomic E-state index is 12.7. The quantitative estimate of drug-likeness (QED) is 0.518. The Balaban J connectivity index is 1.64. The number of thiazole rings is 1. The van der Waals surface area contributed by atoms with Crippen LogP contribution < -0.4 is 11.3 Å². The van der Waals surface area contributed by atoms with Crippen molar-refractivity contribution in [2.75, 3.05) is 0 Å². The fourth-order valence-corrected chi connectivity index (χ4v) is 4.11. The minimum atomic E-state index is -0.467. The van der Waals surface area contributed by atoms with Crippen molar-refractivity contribution in [3.05, 3.63) is 62.2 Å². The number of nitrogens with zero attached hydrogens (tertiary/aromatic N) is 5. The van der Waals surface area contributed by atoms with E-state index in [4.69, 9.17) is 5.73 Å². The number of benzene rings is 1. The molecule has 27 heavy (non-hydrogen) atoms. The van der Waals surface area contributed by atoms with E-state index >= 15 is 0 Å². The molecule has 3 aromatic heterocycles. The largest absolute Gasteiger partial charge is 0.366 e. The predicted molar refractivity (Wildman–Crippen MR) is 106 cm³/mol. The van der Waals surface area contributed by atoms with Crippen LogP contribution in [0.4, 0.5) is 0 Å². The third kappa shape index (κ3) is 3.17. The summed E-state index contributed by atoms with van der Waals surface area (Å²) < 4.78 is 3.53. The molecule has 0 bridgehead atoms. The number of halogens is 1. The summed E-state index contributed by atoms with van der Waals surface area (Å²) in [6.07, 6.45) is 1.50. The molecule has 0 fully saturated rings. The van der Waals surface area contributed by atoms with Gasteiger partial charge in [-0.15, -0.1) is 11.3 Å². The monoisotopic (exact) mass is 444 g/mol. The van der Waals surface area contributed by atoms with Gasteiger partial charge in [0.05, 0.1) is 12.2 Å². The summed E-state index contributed by atoms with van der Waals surface area (Å²) in [7, 11) is 1.74. The summed E-state index contributed by atoms with van der Waals surface area (Å²) in [6, 6.07) is 6.94. The van der Waals surface area contributed by atoms with E-state index in [1.165, 1.54) is 22.2 Å². The van der Waals surface area contributed by atoms with Crippen molar-refractivity contribution in [1.29, 1.82) is 0 Å². The molecular weight excluding hydrogens is 432 g/mol. The van der Waals surface area contributed by atoms with Gasteiger partial charge in [0.2, 0.25) is 5.91 Å². The predicted octanol–water partition coefficient (Wildman–Crippen LogP) is 2.16. The number of nitrogens with two attached hydrogens (primary N) is 1. The SMILES string of the molecule is Cn1nc(Br)c2c(=O)n(Cc3csc(-c4ccc(C(N)=O)cc4)n3)cnc21. The second kappa shape index (κ2) is 6.71. The Hall–Kier alpha value is -2.85. The molecule has 10 heteroatoms. The van der Waals surface area contributed by atoms with Crippen LogP contribution in [0.15, 0.2) is 45.4 Å². The maximum Gasteiger partial charge on any atom is 0.266 e. The van der Waals surface area contributed by atoms with Gasteiger partial charge >= 0.3 is 0 Å². The summed E-state index contributed by atoms with van der Waals surface area (Å²) in [5.74, 6) is -0.467. The maximum absolute atomic E-state index is 12.7. The molecule has 4 aromatic rings. The van der Waals surface area contributed by atoms with E-state index in [0.717, 1.165) is 16.3 Å². The molecule has 0 radical (unpaired) electrons. The van der Waals surface area contributed by atoms with E-state index in [0.29, 0.717) is 27.7 Å². The van der Waals surface area contributed by atoms with Gasteiger partial charge in [-0.25, -0.2) is 14.6 Å². The minimum absolute atomic E-state index is 0.180. The van der Waals surface area contributed by atoms with Crippen molar-refractivity contribution in [3.8, 4) is 10.6 Å². The minimum Gasteiger partial charge on any atom is -0.366 e. The van der Waals surface area contributed by atoms with Gasteiger partial charge in [0.25, 0.3) is 5.56 Å². The molecule has 0 aliphatic rings. The number of hydrogen-bond donors (Lipinski definition) is 1. The summed E-state index contributed by atoms with van der Waals surface area (Å²) in [5, 5.41) is 7.31. The highest BCUT2D eigenvalue weighted by Gasteiger charge is 2.14. The Kier molecular flexibility index (Phi) is 4.36. The molecule has 4 rings (SSSR count). The average molecular weight is 445 g/mol. The number of primary amides is 1. The lowest BCUT2D eigenvalue weighted by Crippen LogP contribution is -2.21.